The summed E-state index contributed by atoms with van der Waals surface area (Å²) in [7, 11) is 0. The molecule has 4 rings (SSSR count). The van der Waals surface area contributed by atoms with E-state index in [9.17, 15) is 4.79 Å². The van der Waals surface area contributed by atoms with Crippen molar-refractivity contribution < 1.29 is 9.53 Å². The topological polar surface area (TPSA) is 103 Å². The molecule has 3 N–H and O–H groups in total. The zero-order valence-corrected chi connectivity index (χ0v) is 14.8. The van der Waals surface area contributed by atoms with Gasteiger partial charge in [-0.3, -0.25) is 0 Å². The fourth-order valence-corrected chi connectivity index (χ4v) is 3.99. The highest BCUT2D eigenvalue weighted by molar-refractivity contribution is 7.14. The van der Waals surface area contributed by atoms with E-state index in [0.717, 1.165) is 24.9 Å². The fourth-order valence-electron chi connectivity index (χ4n) is 2.84. The number of benzene rings is 1. The normalized spacial score (nSPS) is 12.6. The van der Waals surface area contributed by atoms with E-state index in [0.29, 0.717) is 16.6 Å². The number of nitrogens with one attached hydrogen (secondary N) is 1. The van der Waals surface area contributed by atoms with Crippen LogP contribution in [0.1, 0.15) is 32.4 Å². The Kier molecular flexibility index (Phi) is 4.49. The number of esters is 1. The maximum atomic E-state index is 12.3. The summed E-state index contributed by atoms with van der Waals surface area (Å²) in [6, 6.07) is 11.4. The fraction of sp³-hybridized carbons (Fsp3) is 0.222. The van der Waals surface area contributed by atoms with E-state index in [1.165, 1.54) is 21.8 Å². The Bertz CT molecular complexity index is 921. The van der Waals surface area contributed by atoms with Crippen LogP contribution in [0.2, 0.25) is 0 Å². The first-order chi connectivity index (χ1) is 12.7. The molecular formula is C18H17N5O2S. The number of anilines is 3. The van der Waals surface area contributed by atoms with E-state index < -0.39 is 0 Å². The second-order valence-corrected chi connectivity index (χ2v) is 7.05. The van der Waals surface area contributed by atoms with Crippen LogP contribution in [0.3, 0.4) is 0 Å². The number of nitrogens with two attached hydrogens (primary N) is 1. The van der Waals surface area contributed by atoms with Gasteiger partial charge in [0.1, 0.15) is 4.88 Å². The van der Waals surface area contributed by atoms with Crippen molar-refractivity contribution in [2.75, 3.05) is 11.1 Å². The van der Waals surface area contributed by atoms with Crippen molar-refractivity contribution in [3.05, 3.63) is 57.5 Å². The SMILES string of the molecule is Nc1nc(COC(=O)c2cc3c(s2)CCC3)nc(Nc2ccccc2)n1. The Hall–Kier alpha value is -3.00. The molecule has 0 amide bonds. The van der Waals surface area contributed by atoms with Gasteiger partial charge in [0, 0.05) is 10.6 Å². The molecule has 8 heteroatoms. The number of nitrogens with zero attached hydrogens (tertiary/aromatic N) is 3. The number of thiophene rings is 1. The Morgan fingerprint density at radius 2 is 2.04 bits per heavy atom. The van der Waals surface area contributed by atoms with E-state index >= 15 is 0 Å². The Balaban J connectivity index is 1.43. The van der Waals surface area contributed by atoms with Gasteiger partial charge in [0.05, 0.1) is 0 Å². The maximum Gasteiger partial charge on any atom is 0.348 e. The average Bonchev–Trinajstić information content (AvgIpc) is 3.22. The predicted octanol–water partition coefficient (Wildman–Crippen LogP) is 3.10. The minimum absolute atomic E-state index is 0.0579. The third-order valence-corrected chi connectivity index (χ3v) is 5.23. The molecule has 132 valence electrons. The summed E-state index contributed by atoms with van der Waals surface area (Å²) < 4.78 is 5.35. The van der Waals surface area contributed by atoms with Gasteiger partial charge in [0.25, 0.3) is 0 Å². The monoisotopic (exact) mass is 367 g/mol. The van der Waals surface area contributed by atoms with Gasteiger partial charge in [-0.2, -0.15) is 15.0 Å². The van der Waals surface area contributed by atoms with E-state index in [2.05, 4.69) is 20.3 Å². The predicted molar refractivity (Wildman–Crippen MR) is 99.4 cm³/mol. The van der Waals surface area contributed by atoms with Crippen molar-refractivity contribution in [2.45, 2.75) is 25.9 Å². The molecular weight excluding hydrogens is 350 g/mol. The molecule has 0 aliphatic heterocycles. The molecule has 2 aromatic heterocycles. The molecule has 3 aromatic rings. The molecule has 0 saturated heterocycles. The smallest absolute Gasteiger partial charge is 0.348 e. The largest absolute Gasteiger partial charge is 0.453 e. The number of fused-ring (bicyclic) bond motifs is 1. The second kappa shape index (κ2) is 7.09. The highest BCUT2D eigenvalue weighted by Crippen LogP contribution is 2.31. The molecule has 1 aliphatic rings. The minimum atomic E-state index is -0.360. The molecule has 0 bridgehead atoms. The van der Waals surface area contributed by atoms with Crippen molar-refractivity contribution >= 4 is 34.9 Å². The number of aryl methyl sites for hydroxylation is 2. The molecule has 7 nitrogen and oxygen atoms in total. The van der Waals surface area contributed by atoms with E-state index in [1.54, 1.807) is 0 Å². The van der Waals surface area contributed by atoms with Gasteiger partial charge >= 0.3 is 5.97 Å². The minimum Gasteiger partial charge on any atom is -0.453 e. The van der Waals surface area contributed by atoms with Gasteiger partial charge in [0.2, 0.25) is 11.9 Å². The van der Waals surface area contributed by atoms with Crippen molar-refractivity contribution in [1.29, 1.82) is 0 Å². The standard InChI is InChI=1S/C18H17N5O2S/c19-17-21-15(22-18(23-17)20-12-6-2-1-3-7-12)10-25-16(24)14-9-11-5-4-8-13(11)26-14/h1-3,6-7,9H,4-5,8,10H2,(H3,19,20,21,22,23). The summed E-state index contributed by atoms with van der Waals surface area (Å²) in [6.07, 6.45) is 3.25. The van der Waals surface area contributed by atoms with Crippen LogP contribution < -0.4 is 11.1 Å². The van der Waals surface area contributed by atoms with Gasteiger partial charge in [0.15, 0.2) is 12.4 Å². The average molecular weight is 367 g/mol. The molecule has 0 spiro atoms. The number of para-hydroxylation sites is 1. The maximum absolute atomic E-state index is 12.3. The number of aromatic nitrogens is 3. The number of nitrogen functional groups attached to an aromatic ring is 1. The number of hydrogen-bond acceptors (Lipinski definition) is 8. The van der Waals surface area contributed by atoms with Crippen LogP contribution >= 0.6 is 11.3 Å². The summed E-state index contributed by atoms with van der Waals surface area (Å²) in [5.41, 5.74) is 7.83. The number of rotatable bonds is 5. The number of carbonyl (C=O) groups is 1. The first kappa shape index (κ1) is 16.5. The van der Waals surface area contributed by atoms with Crippen molar-refractivity contribution in [2.24, 2.45) is 0 Å². The summed E-state index contributed by atoms with van der Waals surface area (Å²) >= 11 is 1.51. The van der Waals surface area contributed by atoms with E-state index in [-0.39, 0.29) is 18.5 Å². The summed E-state index contributed by atoms with van der Waals surface area (Å²) in [6.45, 7) is -0.0579. The lowest BCUT2D eigenvalue weighted by Gasteiger charge is -2.07. The van der Waals surface area contributed by atoms with Gasteiger partial charge in [-0.15, -0.1) is 11.3 Å². The molecule has 0 unspecified atom stereocenters. The van der Waals surface area contributed by atoms with Crippen LogP contribution in [-0.2, 0) is 24.2 Å². The number of ether oxygens (including phenoxy) is 1. The Morgan fingerprint density at radius 1 is 1.19 bits per heavy atom. The van der Waals surface area contributed by atoms with Crippen LogP contribution in [-0.4, -0.2) is 20.9 Å². The molecule has 26 heavy (non-hydrogen) atoms. The first-order valence-electron chi connectivity index (χ1n) is 8.28. The summed E-state index contributed by atoms with van der Waals surface area (Å²) in [5.74, 6) is 0.318. The molecule has 1 aromatic carbocycles. The van der Waals surface area contributed by atoms with Crippen LogP contribution in [0.4, 0.5) is 17.6 Å². The molecule has 0 atom stereocenters. The van der Waals surface area contributed by atoms with Gasteiger partial charge in [-0.25, -0.2) is 4.79 Å². The molecule has 0 fully saturated rings. The summed E-state index contributed by atoms with van der Waals surface area (Å²) in [4.78, 5) is 26.5. The molecule has 1 aliphatic carbocycles. The van der Waals surface area contributed by atoms with Crippen LogP contribution in [0.25, 0.3) is 0 Å². The van der Waals surface area contributed by atoms with Crippen LogP contribution in [0, 0.1) is 0 Å². The van der Waals surface area contributed by atoms with Crippen LogP contribution in [0.15, 0.2) is 36.4 Å². The van der Waals surface area contributed by atoms with Crippen molar-refractivity contribution in [1.82, 2.24) is 15.0 Å². The van der Waals surface area contributed by atoms with Crippen LogP contribution in [0.5, 0.6) is 0 Å². The Labute approximate surface area is 154 Å². The molecule has 2 heterocycles. The van der Waals surface area contributed by atoms with E-state index in [4.69, 9.17) is 10.5 Å². The molecule has 0 saturated carbocycles. The summed E-state index contributed by atoms with van der Waals surface area (Å²) in [5, 5.41) is 3.05. The lowest BCUT2D eigenvalue weighted by Crippen LogP contribution is -2.10. The van der Waals surface area contributed by atoms with Gasteiger partial charge < -0.3 is 15.8 Å². The zero-order chi connectivity index (χ0) is 17.9. The highest BCUT2D eigenvalue weighted by atomic mass is 32.1. The quantitative estimate of drug-likeness (QED) is 0.668. The zero-order valence-electron chi connectivity index (χ0n) is 13.9. The van der Waals surface area contributed by atoms with Crippen molar-refractivity contribution in [3.8, 4) is 0 Å². The highest BCUT2D eigenvalue weighted by Gasteiger charge is 2.19. The number of hydrogen-bond donors (Lipinski definition) is 2. The number of carbonyl (C=O) groups excluding carboxylic acids is 1. The Morgan fingerprint density at radius 3 is 2.85 bits per heavy atom. The molecule has 0 radical (unpaired) electrons. The first-order valence-corrected chi connectivity index (χ1v) is 9.10. The van der Waals surface area contributed by atoms with Gasteiger partial charge in [-0.1, -0.05) is 18.2 Å². The lowest BCUT2D eigenvalue weighted by molar-refractivity contribution is 0.0468. The van der Waals surface area contributed by atoms with Gasteiger partial charge in [-0.05, 0) is 43.0 Å². The lowest BCUT2D eigenvalue weighted by atomic mass is 10.2. The third kappa shape index (κ3) is 3.65. The van der Waals surface area contributed by atoms with Crippen molar-refractivity contribution in [3.63, 3.8) is 0 Å². The second-order valence-electron chi connectivity index (χ2n) is 5.91. The third-order valence-electron chi connectivity index (χ3n) is 4.01. The van der Waals surface area contributed by atoms with E-state index in [1.807, 2.05) is 36.4 Å².